The van der Waals surface area contributed by atoms with Gasteiger partial charge in [0.1, 0.15) is 18.5 Å². The summed E-state index contributed by atoms with van der Waals surface area (Å²) in [5.74, 6) is 1.35. The van der Waals surface area contributed by atoms with E-state index in [1.165, 1.54) is 50.5 Å². The highest BCUT2D eigenvalue weighted by atomic mass is 19.1. The zero-order valence-corrected chi connectivity index (χ0v) is 21.0. The highest BCUT2D eigenvalue weighted by Crippen LogP contribution is 2.24. The van der Waals surface area contributed by atoms with Crippen LogP contribution in [0.1, 0.15) is 71.3 Å². The second-order valence-electron chi connectivity index (χ2n) is 9.46. The Morgan fingerprint density at radius 3 is 1.94 bits per heavy atom. The van der Waals surface area contributed by atoms with Crippen molar-refractivity contribution in [3.05, 3.63) is 66.5 Å². The molecule has 1 heterocycles. The van der Waals surface area contributed by atoms with E-state index < -0.39 is 6.17 Å². The van der Waals surface area contributed by atoms with Gasteiger partial charge >= 0.3 is 0 Å². The lowest BCUT2D eigenvalue weighted by molar-refractivity contribution is 0.155. The maximum absolute atomic E-state index is 13.7. The SMILES string of the molecule is CCCCCCCCCc1ccc(-c2ncc(-c3ccc(OCC(F)C(C)C)cc3)cn2)cc1. The van der Waals surface area contributed by atoms with Gasteiger partial charge in [0.15, 0.2) is 5.82 Å². The van der Waals surface area contributed by atoms with E-state index in [9.17, 15) is 4.39 Å². The Balaban J connectivity index is 1.49. The molecule has 0 fully saturated rings. The summed E-state index contributed by atoms with van der Waals surface area (Å²) >= 11 is 0. The molecule has 0 aliphatic rings. The first-order valence-corrected chi connectivity index (χ1v) is 12.9. The molecule has 1 atom stereocenters. The number of ether oxygens (including phenoxy) is 1. The van der Waals surface area contributed by atoms with E-state index in [1.807, 2.05) is 50.5 Å². The molecule has 3 nitrogen and oxygen atoms in total. The molecule has 0 N–H and O–H groups in total. The van der Waals surface area contributed by atoms with Gasteiger partial charge in [-0.05, 0) is 42.0 Å². The van der Waals surface area contributed by atoms with Crippen molar-refractivity contribution >= 4 is 0 Å². The quantitative estimate of drug-likeness (QED) is 0.225. The average molecular weight is 463 g/mol. The highest BCUT2D eigenvalue weighted by Gasteiger charge is 2.12. The molecule has 0 aliphatic carbocycles. The summed E-state index contributed by atoms with van der Waals surface area (Å²) in [4.78, 5) is 9.15. The second-order valence-corrected chi connectivity index (χ2v) is 9.46. The second kappa shape index (κ2) is 13.8. The lowest BCUT2D eigenvalue weighted by Crippen LogP contribution is -2.18. The number of nitrogens with zero attached hydrogens (tertiary/aromatic N) is 2. The van der Waals surface area contributed by atoms with E-state index in [2.05, 4.69) is 41.2 Å². The Bertz CT molecular complexity index is 953. The Morgan fingerprint density at radius 1 is 0.735 bits per heavy atom. The predicted molar refractivity (Wildman–Crippen MR) is 140 cm³/mol. The first-order valence-electron chi connectivity index (χ1n) is 12.9. The summed E-state index contributed by atoms with van der Waals surface area (Å²) in [7, 11) is 0. The van der Waals surface area contributed by atoms with E-state index in [1.54, 1.807) is 0 Å². The third kappa shape index (κ3) is 8.23. The molecular weight excluding hydrogens is 423 g/mol. The summed E-state index contributed by atoms with van der Waals surface area (Å²) in [6, 6.07) is 16.3. The number of halogens is 1. The van der Waals surface area contributed by atoms with E-state index in [4.69, 9.17) is 4.74 Å². The van der Waals surface area contributed by atoms with Crippen LogP contribution in [0.2, 0.25) is 0 Å². The molecule has 34 heavy (non-hydrogen) atoms. The van der Waals surface area contributed by atoms with Crippen molar-refractivity contribution in [2.75, 3.05) is 6.61 Å². The smallest absolute Gasteiger partial charge is 0.159 e. The third-order valence-electron chi connectivity index (χ3n) is 6.25. The minimum absolute atomic E-state index is 0.0451. The molecule has 0 amide bonds. The summed E-state index contributed by atoms with van der Waals surface area (Å²) in [6.07, 6.45) is 13.2. The molecule has 182 valence electrons. The topological polar surface area (TPSA) is 35.0 Å². The van der Waals surface area contributed by atoms with E-state index in [0.717, 1.165) is 28.9 Å². The van der Waals surface area contributed by atoms with Gasteiger partial charge in [0.2, 0.25) is 0 Å². The van der Waals surface area contributed by atoms with Gasteiger partial charge in [-0.2, -0.15) is 0 Å². The first kappa shape index (κ1) is 25.9. The normalized spacial score (nSPS) is 12.1. The molecule has 0 radical (unpaired) electrons. The summed E-state index contributed by atoms with van der Waals surface area (Å²) in [6.45, 7) is 6.04. The lowest BCUT2D eigenvalue weighted by Gasteiger charge is -2.13. The van der Waals surface area contributed by atoms with Gasteiger partial charge in [-0.1, -0.05) is 95.7 Å². The van der Waals surface area contributed by atoms with E-state index in [-0.39, 0.29) is 12.5 Å². The van der Waals surface area contributed by atoms with Crippen molar-refractivity contribution in [3.63, 3.8) is 0 Å². The van der Waals surface area contributed by atoms with Crippen molar-refractivity contribution in [3.8, 4) is 28.3 Å². The third-order valence-corrected chi connectivity index (χ3v) is 6.25. The number of unbranched alkanes of at least 4 members (excludes halogenated alkanes) is 6. The van der Waals surface area contributed by atoms with Gasteiger partial charge in [-0.3, -0.25) is 0 Å². The molecule has 0 aliphatic heterocycles. The Labute approximate surface area is 204 Å². The van der Waals surface area contributed by atoms with Gasteiger partial charge in [0, 0.05) is 23.5 Å². The van der Waals surface area contributed by atoms with Crippen LogP contribution in [0, 0.1) is 5.92 Å². The molecular formula is C30H39FN2O. The summed E-state index contributed by atoms with van der Waals surface area (Å²) < 4.78 is 19.3. The van der Waals surface area contributed by atoms with Gasteiger partial charge in [0.25, 0.3) is 0 Å². The molecule has 1 unspecified atom stereocenters. The van der Waals surface area contributed by atoms with Crippen molar-refractivity contribution in [1.82, 2.24) is 9.97 Å². The molecule has 3 aromatic rings. The first-order chi connectivity index (χ1) is 16.6. The van der Waals surface area contributed by atoms with Gasteiger partial charge < -0.3 is 4.74 Å². The minimum Gasteiger partial charge on any atom is -0.491 e. The fourth-order valence-electron chi connectivity index (χ4n) is 3.84. The van der Waals surface area contributed by atoms with Crippen LogP contribution < -0.4 is 4.74 Å². The van der Waals surface area contributed by atoms with Crippen LogP contribution in [0.25, 0.3) is 22.5 Å². The van der Waals surface area contributed by atoms with E-state index >= 15 is 0 Å². The van der Waals surface area contributed by atoms with Crippen LogP contribution in [0.15, 0.2) is 60.9 Å². The maximum atomic E-state index is 13.7. The molecule has 0 bridgehead atoms. The maximum Gasteiger partial charge on any atom is 0.159 e. The zero-order valence-electron chi connectivity index (χ0n) is 21.0. The molecule has 1 aromatic heterocycles. The molecule has 0 saturated heterocycles. The lowest BCUT2D eigenvalue weighted by atomic mass is 10.0. The highest BCUT2D eigenvalue weighted by molar-refractivity contribution is 5.64. The number of hydrogen-bond acceptors (Lipinski definition) is 3. The zero-order chi connectivity index (χ0) is 24.2. The number of alkyl halides is 1. The van der Waals surface area contributed by atoms with Crippen molar-refractivity contribution in [2.45, 2.75) is 78.3 Å². The van der Waals surface area contributed by atoms with Gasteiger partial charge in [-0.25, -0.2) is 14.4 Å². The summed E-state index contributed by atoms with van der Waals surface area (Å²) in [5.41, 5.74) is 4.36. The molecule has 2 aromatic carbocycles. The van der Waals surface area contributed by atoms with Crippen molar-refractivity contribution < 1.29 is 9.13 Å². The fraction of sp³-hybridized carbons (Fsp3) is 0.467. The molecule has 3 rings (SSSR count). The Hall–Kier alpha value is -2.75. The van der Waals surface area contributed by atoms with E-state index in [0.29, 0.717) is 5.75 Å². The molecule has 0 saturated carbocycles. The number of hydrogen-bond donors (Lipinski definition) is 0. The number of aryl methyl sites for hydroxylation is 1. The van der Waals surface area contributed by atoms with Crippen LogP contribution in [-0.4, -0.2) is 22.7 Å². The van der Waals surface area contributed by atoms with Crippen LogP contribution in [0.3, 0.4) is 0 Å². The monoisotopic (exact) mass is 462 g/mol. The Kier molecular flexibility index (Phi) is 10.5. The fourth-order valence-corrected chi connectivity index (χ4v) is 3.84. The number of benzene rings is 2. The predicted octanol–water partition coefficient (Wildman–Crippen LogP) is 8.48. The van der Waals surface area contributed by atoms with Crippen LogP contribution in [0.4, 0.5) is 4.39 Å². The molecule has 4 heteroatoms. The minimum atomic E-state index is -0.963. The van der Waals surface area contributed by atoms with Crippen molar-refractivity contribution in [2.24, 2.45) is 5.92 Å². The van der Waals surface area contributed by atoms with Crippen molar-refractivity contribution in [1.29, 1.82) is 0 Å². The van der Waals surface area contributed by atoms with Gasteiger partial charge in [-0.15, -0.1) is 0 Å². The summed E-state index contributed by atoms with van der Waals surface area (Å²) in [5, 5.41) is 0. The van der Waals surface area contributed by atoms with Crippen LogP contribution in [0.5, 0.6) is 5.75 Å². The number of rotatable bonds is 14. The Morgan fingerprint density at radius 2 is 1.32 bits per heavy atom. The molecule has 0 spiro atoms. The standard InChI is InChI=1S/C30H39FN2O/c1-4-5-6-7-8-9-10-11-24-12-14-26(15-13-24)30-32-20-27(21-33-30)25-16-18-28(19-17-25)34-22-29(31)23(2)3/h12-21,23,29H,4-11,22H2,1-3H3. The average Bonchev–Trinajstić information content (AvgIpc) is 2.87. The number of aromatic nitrogens is 2. The van der Waals surface area contributed by atoms with Crippen LogP contribution in [-0.2, 0) is 6.42 Å². The van der Waals surface area contributed by atoms with Crippen LogP contribution >= 0.6 is 0 Å². The van der Waals surface area contributed by atoms with Gasteiger partial charge in [0.05, 0.1) is 0 Å². The largest absolute Gasteiger partial charge is 0.491 e.